The van der Waals surface area contributed by atoms with Crippen LogP contribution in [0.15, 0.2) is 53.4 Å². The average Bonchev–Trinajstić information content (AvgIpc) is 2.84. The van der Waals surface area contributed by atoms with E-state index in [1.807, 2.05) is 0 Å². The standard InChI is InChI=1S/C23H26FN3O6S/c1-16(28)26-11-13-27(14-12-26)34(31,32)20-9-5-18(6-10-20)23(30)25-21(15-22(29)33-2)17-3-7-19(24)8-4-17/h3-10,21H,11-15H2,1-2H3,(H,25,30). The fraction of sp³-hybridized carbons (Fsp3) is 0.348. The number of piperazine rings is 1. The average molecular weight is 492 g/mol. The molecule has 1 unspecified atom stereocenters. The summed E-state index contributed by atoms with van der Waals surface area (Å²) in [5, 5.41) is 2.71. The van der Waals surface area contributed by atoms with Gasteiger partial charge in [-0.15, -0.1) is 0 Å². The fourth-order valence-electron chi connectivity index (χ4n) is 3.61. The Morgan fingerprint density at radius 2 is 1.59 bits per heavy atom. The minimum atomic E-state index is -3.78. The molecule has 0 radical (unpaired) electrons. The van der Waals surface area contributed by atoms with Crippen LogP contribution in [0.4, 0.5) is 4.39 Å². The quantitative estimate of drug-likeness (QED) is 0.590. The van der Waals surface area contributed by atoms with Crippen molar-refractivity contribution in [3.8, 4) is 0 Å². The predicted molar refractivity (Wildman–Crippen MR) is 121 cm³/mol. The molecule has 0 bridgehead atoms. The Hall–Kier alpha value is -3.31. The van der Waals surface area contributed by atoms with Crippen LogP contribution in [0.5, 0.6) is 0 Å². The number of nitrogens with zero attached hydrogens (tertiary/aromatic N) is 2. The van der Waals surface area contributed by atoms with Gasteiger partial charge in [-0.2, -0.15) is 4.31 Å². The minimum Gasteiger partial charge on any atom is -0.469 e. The Morgan fingerprint density at radius 3 is 2.12 bits per heavy atom. The third-order valence-electron chi connectivity index (χ3n) is 5.61. The molecule has 11 heteroatoms. The van der Waals surface area contributed by atoms with Crippen LogP contribution in [0.1, 0.15) is 35.3 Å². The number of carbonyl (C=O) groups excluding carboxylic acids is 3. The number of esters is 1. The molecule has 1 fully saturated rings. The fourth-order valence-corrected chi connectivity index (χ4v) is 5.03. The van der Waals surface area contributed by atoms with Gasteiger partial charge in [-0.1, -0.05) is 12.1 Å². The van der Waals surface area contributed by atoms with Crippen LogP contribution in [0.25, 0.3) is 0 Å². The van der Waals surface area contributed by atoms with Gasteiger partial charge in [0.1, 0.15) is 5.82 Å². The Bertz CT molecular complexity index is 1140. The second-order valence-electron chi connectivity index (χ2n) is 7.79. The summed E-state index contributed by atoms with van der Waals surface area (Å²) < 4.78 is 45.1. The molecule has 1 atom stereocenters. The largest absolute Gasteiger partial charge is 0.469 e. The van der Waals surface area contributed by atoms with E-state index in [2.05, 4.69) is 10.1 Å². The van der Waals surface area contributed by atoms with Gasteiger partial charge in [0.15, 0.2) is 0 Å². The second-order valence-corrected chi connectivity index (χ2v) is 9.73. The number of halogens is 1. The van der Waals surface area contributed by atoms with Crippen LogP contribution in [-0.4, -0.2) is 68.7 Å². The maximum atomic E-state index is 13.3. The molecule has 1 saturated heterocycles. The molecule has 0 aromatic heterocycles. The molecular weight excluding hydrogens is 465 g/mol. The lowest BCUT2D eigenvalue weighted by molar-refractivity contribution is -0.141. The molecule has 0 spiro atoms. The molecule has 34 heavy (non-hydrogen) atoms. The summed E-state index contributed by atoms with van der Waals surface area (Å²) in [5.41, 5.74) is 0.710. The lowest BCUT2D eigenvalue weighted by atomic mass is 10.0. The maximum absolute atomic E-state index is 13.3. The second kappa shape index (κ2) is 10.7. The number of carbonyl (C=O) groups is 3. The van der Waals surface area contributed by atoms with E-state index in [0.29, 0.717) is 18.7 Å². The zero-order chi connectivity index (χ0) is 24.9. The van der Waals surface area contributed by atoms with E-state index in [9.17, 15) is 27.2 Å². The first-order valence-corrected chi connectivity index (χ1v) is 12.0. The van der Waals surface area contributed by atoms with E-state index in [1.54, 1.807) is 4.90 Å². The molecule has 2 amide bonds. The zero-order valence-corrected chi connectivity index (χ0v) is 19.7. The smallest absolute Gasteiger partial charge is 0.307 e. The number of sulfonamides is 1. The molecule has 0 saturated carbocycles. The van der Waals surface area contributed by atoms with Crippen molar-refractivity contribution in [2.24, 2.45) is 0 Å². The molecule has 2 aromatic carbocycles. The van der Waals surface area contributed by atoms with Gasteiger partial charge >= 0.3 is 5.97 Å². The summed E-state index contributed by atoms with van der Waals surface area (Å²) in [4.78, 5) is 37.7. The topological polar surface area (TPSA) is 113 Å². The highest BCUT2D eigenvalue weighted by molar-refractivity contribution is 7.89. The first-order chi connectivity index (χ1) is 16.1. The van der Waals surface area contributed by atoms with Crippen LogP contribution in [-0.2, 0) is 24.3 Å². The van der Waals surface area contributed by atoms with Crippen LogP contribution in [0.2, 0.25) is 0 Å². The first kappa shape index (κ1) is 25.3. The lowest BCUT2D eigenvalue weighted by Gasteiger charge is -2.33. The van der Waals surface area contributed by atoms with Crippen LogP contribution in [0.3, 0.4) is 0 Å². The van der Waals surface area contributed by atoms with Gasteiger partial charge in [0.2, 0.25) is 15.9 Å². The highest BCUT2D eigenvalue weighted by Gasteiger charge is 2.29. The van der Waals surface area contributed by atoms with Crippen molar-refractivity contribution >= 4 is 27.8 Å². The number of amides is 2. The Labute approximate surface area is 197 Å². The van der Waals surface area contributed by atoms with Crippen LogP contribution < -0.4 is 5.32 Å². The van der Waals surface area contributed by atoms with Crippen molar-refractivity contribution in [3.05, 3.63) is 65.5 Å². The number of hydrogen-bond donors (Lipinski definition) is 1. The predicted octanol–water partition coefficient (Wildman–Crippen LogP) is 1.71. The van der Waals surface area contributed by atoms with Gasteiger partial charge in [0.05, 0.1) is 24.5 Å². The van der Waals surface area contributed by atoms with E-state index < -0.39 is 33.8 Å². The first-order valence-electron chi connectivity index (χ1n) is 10.6. The van der Waals surface area contributed by atoms with Crippen molar-refractivity contribution < 1.29 is 31.9 Å². The van der Waals surface area contributed by atoms with Gasteiger partial charge in [-0.05, 0) is 42.0 Å². The molecule has 1 aliphatic heterocycles. The van der Waals surface area contributed by atoms with E-state index in [4.69, 9.17) is 0 Å². The van der Waals surface area contributed by atoms with Crippen molar-refractivity contribution in [2.45, 2.75) is 24.3 Å². The summed E-state index contributed by atoms with van der Waals surface area (Å²) in [6.45, 7) is 2.47. The van der Waals surface area contributed by atoms with Gasteiger partial charge in [0, 0.05) is 38.7 Å². The number of methoxy groups -OCH3 is 1. The van der Waals surface area contributed by atoms with Crippen molar-refractivity contribution in [3.63, 3.8) is 0 Å². The molecule has 3 rings (SSSR count). The SMILES string of the molecule is COC(=O)CC(NC(=O)c1ccc(S(=O)(=O)N2CCN(C(C)=O)CC2)cc1)c1ccc(F)cc1. The minimum absolute atomic E-state index is 0.0324. The molecule has 9 nitrogen and oxygen atoms in total. The number of rotatable bonds is 7. The normalized spacial score (nSPS) is 15.4. The number of nitrogens with one attached hydrogen (secondary N) is 1. The van der Waals surface area contributed by atoms with Gasteiger partial charge in [0.25, 0.3) is 5.91 Å². The molecule has 182 valence electrons. The number of benzene rings is 2. The summed E-state index contributed by atoms with van der Waals surface area (Å²) in [5.74, 6) is -1.64. The number of ether oxygens (including phenoxy) is 1. The van der Waals surface area contributed by atoms with E-state index in [0.717, 1.165) is 0 Å². The third-order valence-corrected chi connectivity index (χ3v) is 7.53. The third kappa shape index (κ3) is 5.97. The maximum Gasteiger partial charge on any atom is 0.307 e. The molecular formula is C23H26FN3O6S. The summed E-state index contributed by atoms with van der Waals surface area (Å²) in [6, 6.07) is 10.1. The number of hydrogen-bond acceptors (Lipinski definition) is 6. The van der Waals surface area contributed by atoms with Crippen molar-refractivity contribution in [1.82, 2.24) is 14.5 Å². The van der Waals surface area contributed by atoms with Crippen molar-refractivity contribution in [1.29, 1.82) is 0 Å². The molecule has 0 aliphatic carbocycles. The van der Waals surface area contributed by atoms with Crippen LogP contribution in [0, 0.1) is 5.82 Å². The summed E-state index contributed by atoms with van der Waals surface area (Å²) in [7, 11) is -2.55. The monoisotopic (exact) mass is 491 g/mol. The molecule has 1 aliphatic rings. The highest BCUT2D eigenvalue weighted by Crippen LogP contribution is 2.21. The Balaban J connectivity index is 1.72. The molecule has 1 heterocycles. The van der Waals surface area contributed by atoms with Crippen molar-refractivity contribution in [2.75, 3.05) is 33.3 Å². The summed E-state index contributed by atoms with van der Waals surface area (Å²) >= 11 is 0. The van der Waals surface area contributed by atoms with Gasteiger partial charge in [-0.25, -0.2) is 12.8 Å². The Morgan fingerprint density at radius 1 is 1.00 bits per heavy atom. The zero-order valence-electron chi connectivity index (χ0n) is 18.9. The lowest BCUT2D eigenvalue weighted by Crippen LogP contribution is -2.49. The van der Waals surface area contributed by atoms with E-state index in [-0.39, 0.29) is 35.9 Å². The van der Waals surface area contributed by atoms with Gasteiger partial charge in [-0.3, -0.25) is 14.4 Å². The highest BCUT2D eigenvalue weighted by atomic mass is 32.2. The van der Waals surface area contributed by atoms with Crippen LogP contribution >= 0.6 is 0 Å². The van der Waals surface area contributed by atoms with E-state index in [1.165, 1.54) is 66.9 Å². The van der Waals surface area contributed by atoms with Gasteiger partial charge < -0.3 is 15.0 Å². The summed E-state index contributed by atoms with van der Waals surface area (Å²) in [6.07, 6.45) is -0.160. The molecule has 2 aromatic rings. The van der Waals surface area contributed by atoms with E-state index >= 15 is 0 Å². The Kier molecular flexibility index (Phi) is 8.00. The molecule has 1 N–H and O–H groups in total.